The second kappa shape index (κ2) is 7.23. The lowest BCUT2D eigenvalue weighted by atomic mass is 9.95. The molecule has 0 aromatic carbocycles. The molecule has 1 aliphatic carbocycles. The van der Waals surface area contributed by atoms with Gasteiger partial charge in [-0.2, -0.15) is 5.10 Å². The van der Waals surface area contributed by atoms with Crippen LogP contribution in [0.4, 0.5) is 4.79 Å². The Morgan fingerprint density at radius 2 is 2.04 bits per heavy atom. The molecule has 3 rings (SSSR count). The Hall–Kier alpha value is -2.05. The van der Waals surface area contributed by atoms with Gasteiger partial charge >= 0.3 is 12.0 Å². The Morgan fingerprint density at radius 1 is 1.29 bits per heavy atom. The molecule has 1 N–H and O–H groups in total. The first-order chi connectivity index (χ1) is 11.6. The topological polar surface area (TPSA) is 76.5 Å². The molecule has 1 aromatic rings. The average molecular weight is 334 g/mol. The molecule has 7 heteroatoms. The number of esters is 1. The van der Waals surface area contributed by atoms with E-state index in [2.05, 4.69) is 10.4 Å². The average Bonchev–Trinajstić information content (AvgIpc) is 2.90. The number of hydrogen-bond acceptors (Lipinski definition) is 4. The number of aromatic nitrogens is 2. The van der Waals surface area contributed by atoms with E-state index in [1.807, 2.05) is 0 Å². The Bertz CT molecular complexity index is 620. The van der Waals surface area contributed by atoms with Gasteiger partial charge < -0.3 is 15.0 Å². The maximum Gasteiger partial charge on any atom is 0.356 e. The smallest absolute Gasteiger partial charge is 0.356 e. The predicted octanol–water partition coefficient (Wildman–Crippen LogP) is 2.00. The molecule has 0 atom stereocenters. The minimum atomic E-state index is -0.372. The van der Waals surface area contributed by atoms with E-state index < -0.39 is 0 Å². The Labute approximate surface area is 142 Å². The molecule has 0 radical (unpaired) electrons. The monoisotopic (exact) mass is 334 g/mol. The van der Waals surface area contributed by atoms with Crippen molar-refractivity contribution in [1.29, 1.82) is 0 Å². The van der Waals surface area contributed by atoms with Crippen LogP contribution in [-0.4, -0.2) is 45.9 Å². The summed E-state index contributed by atoms with van der Waals surface area (Å²) in [6.45, 7) is 3.15. The summed E-state index contributed by atoms with van der Waals surface area (Å²) >= 11 is 0. The fraction of sp³-hybridized carbons (Fsp3) is 0.706. The quantitative estimate of drug-likeness (QED) is 0.858. The SMILES string of the molecule is CCOC(=O)c1c2c(nn1C)CCN(C(=O)NC1CCCCC1)C2. The Morgan fingerprint density at radius 3 is 2.75 bits per heavy atom. The largest absolute Gasteiger partial charge is 0.461 e. The van der Waals surface area contributed by atoms with Gasteiger partial charge in [0, 0.05) is 31.6 Å². The van der Waals surface area contributed by atoms with Crippen LogP contribution in [0.25, 0.3) is 0 Å². The van der Waals surface area contributed by atoms with Crippen LogP contribution in [0, 0.1) is 0 Å². The summed E-state index contributed by atoms with van der Waals surface area (Å²) in [5, 5.41) is 7.57. The van der Waals surface area contributed by atoms with Crippen molar-refractivity contribution in [2.45, 2.75) is 58.0 Å². The zero-order chi connectivity index (χ0) is 17.1. The van der Waals surface area contributed by atoms with E-state index in [9.17, 15) is 9.59 Å². The van der Waals surface area contributed by atoms with Gasteiger partial charge in [0.1, 0.15) is 0 Å². The fourth-order valence-electron chi connectivity index (χ4n) is 3.64. The van der Waals surface area contributed by atoms with Crippen molar-refractivity contribution in [3.63, 3.8) is 0 Å². The molecule has 0 unspecified atom stereocenters. The number of carbonyl (C=O) groups excluding carboxylic acids is 2. The van der Waals surface area contributed by atoms with Crippen molar-refractivity contribution in [3.05, 3.63) is 17.0 Å². The number of amides is 2. The van der Waals surface area contributed by atoms with Crippen molar-refractivity contribution in [3.8, 4) is 0 Å². The number of nitrogens with zero attached hydrogens (tertiary/aromatic N) is 3. The van der Waals surface area contributed by atoms with Crippen molar-refractivity contribution >= 4 is 12.0 Å². The molecule has 0 saturated heterocycles. The van der Waals surface area contributed by atoms with Crippen molar-refractivity contribution < 1.29 is 14.3 Å². The summed E-state index contributed by atoms with van der Waals surface area (Å²) in [6, 6.07) is 0.247. The van der Waals surface area contributed by atoms with E-state index in [4.69, 9.17) is 4.74 Å². The van der Waals surface area contributed by atoms with E-state index in [1.54, 1.807) is 23.6 Å². The van der Waals surface area contributed by atoms with Crippen molar-refractivity contribution in [1.82, 2.24) is 20.0 Å². The zero-order valence-corrected chi connectivity index (χ0v) is 14.5. The minimum Gasteiger partial charge on any atom is -0.461 e. The molecule has 7 nitrogen and oxygen atoms in total. The first-order valence-corrected chi connectivity index (χ1v) is 8.87. The summed E-state index contributed by atoms with van der Waals surface area (Å²) in [4.78, 5) is 26.5. The molecule has 2 heterocycles. The molecule has 1 saturated carbocycles. The molecular formula is C17H26N4O3. The Kier molecular flexibility index (Phi) is 5.06. The summed E-state index contributed by atoms with van der Waals surface area (Å²) < 4.78 is 6.71. The molecule has 2 amide bonds. The van der Waals surface area contributed by atoms with Gasteiger partial charge in [-0.15, -0.1) is 0 Å². The summed E-state index contributed by atoms with van der Waals surface area (Å²) in [5.74, 6) is -0.372. The maximum atomic E-state index is 12.6. The van der Waals surface area contributed by atoms with Gasteiger partial charge in [0.15, 0.2) is 5.69 Å². The zero-order valence-electron chi connectivity index (χ0n) is 14.5. The number of hydrogen-bond donors (Lipinski definition) is 1. The predicted molar refractivity (Wildman–Crippen MR) is 88.7 cm³/mol. The fourth-order valence-corrected chi connectivity index (χ4v) is 3.64. The molecule has 24 heavy (non-hydrogen) atoms. The van der Waals surface area contributed by atoms with Gasteiger partial charge in [-0.25, -0.2) is 9.59 Å². The molecule has 0 spiro atoms. The molecule has 1 fully saturated rings. The number of ether oxygens (including phenoxy) is 1. The van der Waals surface area contributed by atoms with Crippen molar-refractivity contribution in [2.75, 3.05) is 13.2 Å². The number of carbonyl (C=O) groups is 2. The lowest BCUT2D eigenvalue weighted by Crippen LogP contribution is -2.47. The lowest BCUT2D eigenvalue weighted by molar-refractivity contribution is 0.0511. The van der Waals surface area contributed by atoms with Crippen LogP contribution in [0.5, 0.6) is 0 Å². The van der Waals surface area contributed by atoms with Crippen LogP contribution in [0.1, 0.15) is 60.8 Å². The minimum absolute atomic E-state index is 0.0359. The summed E-state index contributed by atoms with van der Waals surface area (Å²) in [6.07, 6.45) is 6.42. The van der Waals surface area contributed by atoms with E-state index in [0.29, 0.717) is 31.8 Å². The molecule has 132 valence electrons. The third-order valence-electron chi connectivity index (χ3n) is 4.88. The molecule has 1 aliphatic heterocycles. The first kappa shape index (κ1) is 16.8. The van der Waals surface area contributed by atoms with E-state index >= 15 is 0 Å². The number of rotatable bonds is 3. The third-order valence-corrected chi connectivity index (χ3v) is 4.88. The number of urea groups is 1. The third kappa shape index (κ3) is 3.39. The van der Waals surface area contributed by atoms with Gasteiger partial charge in [-0.05, 0) is 19.8 Å². The molecular weight excluding hydrogens is 308 g/mol. The number of fused-ring (bicyclic) bond motifs is 1. The van der Waals surface area contributed by atoms with Crippen LogP contribution in [0.15, 0.2) is 0 Å². The van der Waals surface area contributed by atoms with Crippen molar-refractivity contribution in [2.24, 2.45) is 7.05 Å². The van der Waals surface area contributed by atoms with Crippen LogP contribution >= 0.6 is 0 Å². The second-order valence-electron chi connectivity index (χ2n) is 6.57. The highest BCUT2D eigenvalue weighted by Gasteiger charge is 2.30. The summed E-state index contributed by atoms with van der Waals surface area (Å²) in [5.41, 5.74) is 2.17. The van der Waals surface area contributed by atoms with Crippen LogP contribution < -0.4 is 5.32 Å². The first-order valence-electron chi connectivity index (χ1n) is 8.87. The van der Waals surface area contributed by atoms with E-state index in [0.717, 1.165) is 24.1 Å². The Balaban J connectivity index is 1.71. The maximum absolute atomic E-state index is 12.6. The van der Waals surface area contributed by atoms with Gasteiger partial charge in [0.25, 0.3) is 0 Å². The van der Waals surface area contributed by atoms with Gasteiger partial charge in [0.05, 0.1) is 18.8 Å². The van der Waals surface area contributed by atoms with Gasteiger partial charge in [-0.3, -0.25) is 4.68 Å². The van der Waals surface area contributed by atoms with Gasteiger partial charge in [0.2, 0.25) is 0 Å². The highest BCUT2D eigenvalue weighted by molar-refractivity contribution is 5.90. The molecule has 1 aromatic heterocycles. The van der Waals surface area contributed by atoms with Crippen LogP contribution in [0.3, 0.4) is 0 Å². The molecule has 0 bridgehead atoms. The van der Waals surface area contributed by atoms with E-state index in [1.165, 1.54) is 19.3 Å². The highest BCUT2D eigenvalue weighted by atomic mass is 16.5. The van der Waals surface area contributed by atoms with Crippen LogP contribution in [-0.2, 0) is 24.8 Å². The highest BCUT2D eigenvalue weighted by Crippen LogP contribution is 2.23. The summed E-state index contributed by atoms with van der Waals surface area (Å²) in [7, 11) is 1.75. The van der Waals surface area contributed by atoms with Crippen LogP contribution in [0.2, 0.25) is 0 Å². The second-order valence-corrected chi connectivity index (χ2v) is 6.57. The van der Waals surface area contributed by atoms with Gasteiger partial charge in [-0.1, -0.05) is 19.3 Å². The normalized spacial score (nSPS) is 18.2. The number of nitrogens with one attached hydrogen (secondary N) is 1. The number of aryl methyl sites for hydroxylation is 1. The standard InChI is InChI=1S/C17H26N4O3/c1-3-24-16(22)15-13-11-21(10-9-14(13)19-20(15)2)17(23)18-12-7-5-4-6-8-12/h12H,3-11H2,1-2H3,(H,18,23). The molecule has 2 aliphatic rings. The van der Waals surface area contributed by atoms with E-state index in [-0.39, 0.29) is 18.0 Å². The lowest BCUT2D eigenvalue weighted by Gasteiger charge is -2.30.